The van der Waals surface area contributed by atoms with E-state index in [2.05, 4.69) is 33.4 Å². The van der Waals surface area contributed by atoms with Gasteiger partial charge in [0.1, 0.15) is 0 Å². The quantitative estimate of drug-likeness (QED) is 0.909. The molecule has 0 bridgehead atoms. The van der Waals surface area contributed by atoms with Crippen LogP contribution in [0.4, 0.5) is 10.6 Å². The van der Waals surface area contributed by atoms with Crippen molar-refractivity contribution in [3.8, 4) is 0 Å². The van der Waals surface area contributed by atoms with Gasteiger partial charge >= 0.3 is 6.03 Å². The Morgan fingerprint density at radius 1 is 1.46 bits per heavy atom. The van der Waals surface area contributed by atoms with Crippen LogP contribution in [0.3, 0.4) is 0 Å². The van der Waals surface area contributed by atoms with Crippen LogP contribution in [0.25, 0.3) is 0 Å². The predicted molar refractivity (Wildman–Crippen MR) is 92.5 cm³/mol. The second-order valence-corrected chi connectivity index (χ2v) is 6.46. The van der Waals surface area contributed by atoms with Crippen LogP contribution in [-0.4, -0.2) is 57.3 Å². The lowest BCUT2D eigenvalue weighted by molar-refractivity contribution is 0.216. The molecule has 0 aliphatic carbocycles. The number of carbonyl (C=O) groups excluding carboxylic acids is 1. The summed E-state index contributed by atoms with van der Waals surface area (Å²) >= 11 is 0. The number of likely N-dealkylation sites (tertiary alicyclic amines) is 1. The number of urea groups is 1. The zero-order valence-electron chi connectivity index (χ0n) is 14.2. The van der Waals surface area contributed by atoms with E-state index in [4.69, 9.17) is 0 Å². The molecule has 1 aliphatic rings. The van der Waals surface area contributed by atoms with E-state index in [9.17, 15) is 4.79 Å². The summed E-state index contributed by atoms with van der Waals surface area (Å²) in [6.45, 7) is 3.44. The van der Waals surface area contributed by atoms with E-state index in [0.717, 1.165) is 32.6 Å². The molecule has 3 heterocycles. The van der Waals surface area contributed by atoms with Crippen LogP contribution in [0.15, 0.2) is 36.8 Å². The maximum atomic E-state index is 12.3. The molecule has 128 valence electrons. The Morgan fingerprint density at radius 2 is 2.33 bits per heavy atom. The fraction of sp³-hybridized carbons (Fsp3) is 0.471. The van der Waals surface area contributed by atoms with E-state index in [-0.39, 0.29) is 6.03 Å². The van der Waals surface area contributed by atoms with Gasteiger partial charge in [0, 0.05) is 57.9 Å². The van der Waals surface area contributed by atoms with Gasteiger partial charge in [-0.3, -0.25) is 15.0 Å². The first-order valence-corrected chi connectivity index (χ1v) is 8.23. The minimum absolute atomic E-state index is 0.0638. The maximum Gasteiger partial charge on any atom is 0.323 e. The van der Waals surface area contributed by atoms with Gasteiger partial charge in [0.05, 0.1) is 0 Å². The van der Waals surface area contributed by atoms with Gasteiger partial charge in [-0.2, -0.15) is 5.10 Å². The van der Waals surface area contributed by atoms with Crippen molar-refractivity contribution >= 4 is 11.8 Å². The molecule has 3 rings (SSSR count). The van der Waals surface area contributed by atoms with Crippen molar-refractivity contribution in [3.63, 3.8) is 0 Å². The number of carbonyl (C=O) groups is 1. The molecule has 1 saturated heterocycles. The fourth-order valence-corrected chi connectivity index (χ4v) is 3.15. The Hall–Kier alpha value is -2.41. The number of aromatic nitrogens is 3. The summed E-state index contributed by atoms with van der Waals surface area (Å²) in [6.07, 6.45) is 6.54. The zero-order chi connectivity index (χ0) is 16.9. The van der Waals surface area contributed by atoms with E-state index in [0.29, 0.717) is 11.7 Å². The number of pyridine rings is 1. The van der Waals surface area contributed by atoms with Crippen molar-refractivity contribution in [3.05, 3.63) is 42.4 Å². The first kappa shape index (κ1) is 16.4. The van der Waals surface area contributed by atoms with Crippen LogP contribution in [0, 0.1) is 5.92 Å². The fourth-order valence-electron chi connectivity index (χ4n) is 3.15. The van der Waals surface area contributed by atoms with Crippen LogP contribution in [-0.2, 0) is 13.6 Å². The molecule has 0 radical (unpaired) electrons. The van der Waals surface area contributed by atoms with E-state index >= 15 is 0 Å². The lowest BCUT2D eigenvalue weighted by Gasteiger charge is -2.21. The second kappa shape index (κ2) is 7.44. The molecule has 2 aromatic rings. The Bertz CT molecular complexity index is 671. The number of nitrogens with zero attached hydrogens (tertiary/aromatic N) is 5. The van der Waals surface area contributed by atoms with Gasteiger partial charge in [0.2, 0.25) is 0 Å². The van der Waals surface area contributed by atoms with E-state index in [1.165, 1.54) is 5.56 Å². The van der Waals surface area contributed by atoms with E-state index in [1.54, 1.807) is 16.9 Å². The molecule has 1 N–H and O–H groups in total. The summed E-state index contributed by atoms with van der Waals surface area (Å²) in [5.41, 5.74) is 1.21. The van der Waals surface area contributed by atoms with Crippen LogP contribution in [0.1, 0.15) is 12.0 Å². The highest BCUT2D eigenvalue weighted by Crippen LogP contribution is 2.19. The lowest BCUT2D eigenvalue weighted by Crippen LogP contribution is -2.34. The third kappa shape index (κ3) is 4.32. The zero-order valence-corrected chi connectivity index (χ0v) is 14.2. The predicted octanol–water partition coefficient (Wildman–Crippen LogP) is 1.80. The highest BCUT2D eigenvalue weighted by Gasteiger charge is 2.27. The van der Waals surface area contributed by atoms with Gasteiger partial charge in [-0.05, 0) is 31.0 Å². The van der Waals surface area contributed by atoms with E-state index < -0.39 is 0 Å². The van der Waals surface area contributed by atoms with Crippen LogP contribution < -0.4 is 5.32 Å². The maximum absolute atomic E-state index is 12.3. The number of amides is 2. The molecular weight excluding hydrogens is 304 g/mol. The standard InChI is InChI=1S/C17H24N6O/c1-21(11-14-4-3-7-18-10-14)12-15-5-9-23(13-15)17(24)19-16-6-8-22(2)20-16/h3-4,6-8,10,15H,5,9,11-13H2,1-2H3,(H,19,20,24)/t15-/m1/s1. The molecule has 2 amide bonds. The van der Waals surface area contributed by atoms with Crippen molar-refractivity contribution in [2.75, 3.05) is 32.0 Å². The third-order valence-electron chi connectivity index (χ3n) is 4.27. The summed E-state index contributed by atoms with van der Waals surface area (Å²) in [4.78, 5) is 20.6. The highest BCUT2D eigenvalue weighted by atomic mass is 16.2. The molecular formula is C17H24N6O. The van der Waals surface area contributed by atoms with Gasteiger partial charge < -0.3 is 9.80 Å². The number of rotatable bonds is 5. The van der Waals surface area contributed by atoms with Crippen LogP contribution >= 0.6 is 0 Å². The van der Waals surface area contributed by atoms with Crippen molar-refractivity contribution < 1.29 is 4.79 Å². The van der Waals surface area contributed by atoms with Gasteiger partial charge in [-0.15, -0.1) is 0 Å². The summed E-state index contributed by atoms with van der Waals surface area (Å²) in [5.74, 6) is 1.10. The first-order chi connectivity index (χ1) is 11.6. The molecule has 7 nitrogen and oxygen atoms in total. The van der Waals surface area contributed by atoms with Gasteiger partial charge in [-0.25, -0.2) is 4.79 Å². The second-order valence-electron chi connectivity index (χ2n) is 6.46. The molecule has 1 aliphatic heterocycles. The SMILES string of the molecule is CN(Cc1cccnc1)C[C@H]1CCN(C(=O)Nc2ccn(C)n2)C1. The summed E-state index contributed by atoms with van der Waals surface area (Å²) < 4.78 is 1.68. The number of aryl methyl sites for hydroxylation is 1. The van der Waals surface area contributed by atoms with Crippen molar-refractivity contribution in [2.45, 2.75) is 13.0 Å². The molecule has 0 spiro atoms. The Labute approximate surface area is 142 Å². The number of hydrogen-bond acceptors (Lipinski definition) is 4. The number of anilines is 1. The van der Waals surface area contributed by atoms with E-state index in [1.807, 2.05) is 30.4 Å². The highest BCUT2D eigenvalue weighted by molar-refractivity contribution is 5.88. The summed E-state index contributed by atoms with van der Waals surface area (Å²) in [7, 11) is 3.95. The molecule has 0 unspecified atom stereocenters. The van der Waals surface area contributed by atoms with Crippen molar-refractivity contribution in [1.29, 1.82) is 0 Å². The average Bonchev–Trinajstić information content (AvgIpc) is 3.17. The third-order valence-corrected chi connectivity index (χ3v) is 4.27. The average molecular weight is 328 g/mol. The Balaban J connectivity index is 1.45. The molecule has 1 atom stereocenters. The smallest absolute Gasteiger partial charge is 0.323 e. The topological polar surface area (TPSA) is 66.3 Å². The number of hydrogen-bond donors (Lipinski definition) is 1. The summed E-state index contributed by atoms with van der Waals surface area (Å²) in [5, 5.41) is 7.03. The molecule has 0 saturated carbocycles. The normalized spacial score (nSPS) is 17.5. The molecule has 0 aromatic carbocycles. The molecule has 7 heteroatoms. The van der Waals surface area contributed by atoms with Gasteiger partial charge in [-0.1, -0.05) is 6.07 Å². The van der Waals surface area contributed by atoms with Gasteiger partial charge in [0.15, 0.2) is 5.82 Å². The van der Waals surface area contributed by atoms with Crippen molar-refractivity contribution in [2.24, 2.45) is 13.0 Å². The first-order valence-electron chi connectivity index (χ1n) is 8.23. The summed E-state index contributed by atoms with van der Waals surface area (Å²) in [6, 6.07) is 5.78. The van der Waals surface area contributed by atoms with Crippen LogP contribution in [0.5, 0.6) is 0 Å². The number of nitrogens with one attached hydrogen (secondary N) is 1. The lowest BCUT2D eigenvalue weighted by atomic mass is 10.1. The van der Waals surface area contributed by atoms with Crippen molar-refractivity contribution in [1.82, 2.24) is 24.6 Å². The Morgan fingerprint density at radius 3 is 3.04 bits per heavy atom. The minimum atomic E-state index is -0.0638. The minimum Gasteiger partial charge on any atom is -0.324 e. The van der Waals surface area contributed by atoms with Crippen LogP contribution in [0.2, 0.25) is 0 Å². The van der Waals surface area contributed by atoms with Gasteiger partial charge in [0.25, 0.3) is 0 Å². The largest absolute Gasteiger partial charge is 0.324 e. The Kier molecular flexibility index (Phi) is 5.10. The monoisotopic (exact) mass is 328 g/mol. The molecule has 24 heavy (non-hydrogen) atoms. The molecule has 2 aromatic heterocycles. The molecule has 1 fully saturated rings.